The molecule has 1 aromatic carbocycles. The normalized spacial score (nSPS) is 16.8. The summed E-state index contributed by atoms with van der Waals surface area (Å²) in [5.41, 5.74) is 3.43. The summed E-state index contributed by atoms with van der Waals surface area (Å²) < 4.78 is 5.62. The summed E-state index contributed by atoms with van der Waals surface area (Å²) in [6.07, 6.45) is 2.76. The molecule has 0 bridgehead atoms. The molecule has 30 heavy (non-hydrogen) atoms. The number of pyridine rings is 1. The number of hydrogen-bond acceptors (Lipinski definition) is 6. The van der Waals surface area contributed by atoms with Crippen LogP contribution < -0.4 is 10.1 Å². The number of methoxy groups -OCH3 is 1. The van der Waals surface area contributed by atoms with Gasteiger partial charge in [-0.1, -0.05) is 24.3 Å². The second kappa shape index (κ2) is 9.12. The van der Waals surface area contributed by atoms with Gasteiger partial charge < -0.3 is 15.2 Å². The minimum atomic E-state index is -0.124. The third-order valence-electron chi connectivity index (χ3n) is 5.68. The van der Waals surface area contributed by atoms with Crippen molar-refractivity contribution < 1.29 is 14.6 Å². The number of aliphatic hydroxyl groups excluding tert-OH is 1. The number of hydrogen-bond donors (Lipinski definition) is 2. The molecule has 1 amide bonds. The third kappa shape index (κ3) is 4.05. The van der Waals surface area contributed by atoms with Crippen LogP contribution in [0, 0.1) is 6.92 Å². The Morgan fingerprint density at radius 2 is 2.23 bits per heavy atom. The van der Waals surface area contributed by atoms with Gasteiger partial charge in [0.05, 0.1) is 18.6 Å². The van der Waals surface area contributed by atoms with Crippen molar-refractivity contribution in [2.24, 2.45) is 0 Å². The fraction of sp³-hybridized carbons (Fsp3) is 0.391. The summed E-state index contributed by atoms with van der Waals surface area (Å²) in [7, 11) is 1.72. The Labute approximate surface area is 180 Å². The lowest BCUT2D eigenvalue weighted by atomic mass is 9.95. The van der Waals surface area contributed by atoms with Gasteiger partial charge in [0.25, 0.3) is 5.91 Å². The van der Waals surface area contributed by atoms with Crippen LogP contribution >= 0.6 is 11.3 Å². The van der Waals surface area contributed by atoms with Gasteiger partial charge in [0.2, 0.25) is 0 Å². The molecule has 0 spiro atoms. The lowest BCUT2D eigenvalue weighted by Gasteiger charge is -2.19. The first kappa shape index (κ1) is 20.8. The molecule has 0 saturated carbocycles. The van der Waals surface area contributed by atoms with E-state index in [0.717, 1.165) is 58.0 Å². The smallest absolute Gasteiger partial charge is 0.261 e. The van der Waals surface area contributed by atoms with E-state index in [1.54, 1.807) is 13.3 Å². The largest absolute Gasteiger partial charge is 0.496 e. The molecule has 2 N–H and O–H groups in total. The number of nitrogens with zero attached hydrogens (tertiary/aromatic N) is 2. The molecule has 0 aliphatic carbocycles. The molecule has 0 radical (unpaired) electrons. The second-order valence-corrected chi connectivity index (χ2v) is 8.67. The van der Waals surface area contributed by atoms with E-state index in [1.165, 1.54) is 16.9 Å². The van der Waals surface area contributed by atoms with Gasteiger partial charge in [-0.05, 0) is 37.1 Å². The number of likely N-dealkylation sites (tertiary alicyclic amines) is 1. The number of aromatic nitrogens is 1. The summed E-state index contributed by atoms with van der Waals surface area (Å²) in [4.78, 5) is 21.3. The van der Waals surface area contributed by atoms with Gasteiger partial charge >= 0.3 is 0 Å². The number of benzene rings is 1. The Balaban J connectivity index is 1.59. The van der Waals surface area contributed by atoms with E-state index in [9.17, 15) is 4.79 Å². The summed E-state index contributed by atoms with van der Waals surface area (Å²) in [6, 6.07) is 10.2. The van der Waals surface area contributed by atoms with Crippen LogP contribution in [0.15, 0.2) is 36.5 Å². The van der Waals surface area contributed by atoms with Crippen molar-refractivity contribution in [1.29, 1.82) is 0 Å². The molecule has 6 nitrogen and oxygen atoms in total. The minimum Gasteiger partial charge on any atom is -0.496 e. The van der Waals surface area contributed by atoms with E-state index in [2.05, 4.69) is 46.4 Å². The number of nitrogens with one attached hydrogen (secondary N) is 1. The average Bonchev–Trinajstić information content (AvgIpc) is 3.36. The molecule has 1 aliphatic heterocycles. The molecule has 158 valence electrons. The summed E-state index contributed by atoms with van der Waals surface area (Å²) >= 11 is 1.44. The van der Waals surface area contributed by atoms with Crippen molar-refractivity contribution >= 4 is 27.5 Å². The van der Waals surface area contributed by atoms with Crippen LogP contribution in [-0.4, -0.2) is 54.2 Å². The highest BCUT2D eigenvalue weighted by molar-refractivity contribution is 7.20. The molecular formula is C23H27N3O3S. The van der Waals surface area contributed by atoms with Crippen LogP contribution in [0.2, 0.25) is 0 Å². The lowest BCUT2D eigenvalue weighted by Crippen LogP contribution is -2.27. The molecule has 7 heteroatoms. The van der Waals surface area contributed by atoms with E-state index in [4.69, 9.17) is 9.84 Å². The summed E-state index contributed by atoms with van der Waals surface area (Å²) in [6.45, 7) is 4.93. The van der Waals surface area contributed by atoms with Gasteiger partial charge in [-0.3, -0.25) is 9.69 Å². The van der Waals surface area contributed by atoms with Crippen LogP contribution in [0.5, 0.6) is 5.75 Å². The molecule has 1 atom stereocenters. The standard InChI is InChI=1S/C23H27N3O3S/c1-15-5-3-6-17(20(15)29-2)14-26-11-8-16(13-26)19-18-7-4-9-25-23(18)30-21(19)22(28)24-10-12-27/h3-7,9,16,27H,8,10-14H2,1-2H3,(H,24,28)/t16-/m0/s1. The van der Waals surface area contributed by atoms with Crippen molar-refractivity contribution in [3.05, 3.63) is 58.1 Å². The molecule has 1 aliphatic rings. The highest BCUT2D eigenvalue weighted by Gasteiger charge is 2.31. The number of rotatable bonds is 7. The van der Waals surface area contributed by atoms with Gasteiger partial charge in [0, 0.05) is 42.7 Å². The first-order valence-electron chi connectivity index (χ1n) is 10.2. The zero-order valence-corrected chi connectivity index (χ0v) is 18.2. The molecular weight excluding hydrogens is 398 g/mol. The molecule has 3 heterocycles. The Morgan fingerprint density at radius 1 is 1.37 bits per heavy atom. The molecule has 0 unspecified atom stereocenters. The SMILES string of the molecule is COc1c(C)cccc1CN1CC[C@H](c2c(C(=O)NCCO)sc3ncccc23)C1. The van der Waals surface area contributed by atoms with Crippen molar-refractivity contribution in [3.8, 4) is 5.75 Å². The number of aryl methyl sites for hydroxylation is 1. The zero-order chi connectivity index (χ0) is 21.1. The van der Waals surface area contributed by atoms with Gasteiger partial charge in [-0.25, -0.2) is 4.98 Å². The van der Waals surface area contributed by atoms with Crippen LogP contribution in [0.1, 0.15) is 38.7 Å². The molecule has 1 fully saturated rings. The Morgan fingerprint density at radius 3 is 3.03 bits per heavy atom. The van der Waals surface area contributed by atoms with Crippen molar-refractivity contribution in [1.82, 2.24) is 15.2 Å². The van der Waals surface area contributed by atoms with E-state index < -0.39 is 0 Å². The predicted molar refractivity (Wildman–Crippen MR) is 119 cm³/mol. The number of carbonyl (C=O) groups is 1. The molecule has 1 saturated heterocycles. The molecule has 3 aromatic rings. The van der Waals surface area contributed by atoms with Crippen LogP contribution in [-0.2, 0) is 6.54 Å². The summed E-state index contributed by atoms with van der Waals surface area (Å²) in [5, 5.41) is 13.0. The second-order valence-electron chi connectivity index (χ2n) is 7.67. The Bertz CT molecular complexity index is 1050. The first-order valence-corrected chi connectivity index (χ1v) is 11.0. The third-order valence-corrected chi connectivity index (χ3v) is 6.81. The van der Waals surface area contributed by atoms with E-state index in [1.807, 2.05) is 6.07 Å². The number of ether oxygens (including phenoxy) is 1. The van der Waals surface area contributed by atoms with Crippen molar-refractivity contribution in [2.75, 3.05) is 33.4 Å². The van der Waals surface area contributed by atoms with Gasteiger partial charge in [0.15, 0.2) is 0 Å². The quantitative estimate of drug-likeness (QED) is 0.607. The van der Waals surface area contributed by atoms with E-state index >= 15 is 0 Å². The van der Waals surface area contributed by atoms with Gasteiger partial charge in [0.1, 0.15) is 10.6 Å². The zero-order valence-electron chi connectivity index (χ0n) is 17.4. The Hall–Kier alpha value is -2.48. The van der Waals surface area contributed by atoms with E-state index in [0.29, 0.717) is 0 Å². The number of amides is 1. The maximum Gasteiger partial charge on any atom is 0.261 e. The maximum atomic E-state index is 12.8. The number of para-hydroxylation sites is 1. The lowest BCUT2D eigenvalue weighted by molar-refractivity contribution is 0.0947. The van der Waals surface area contributed by atoms with Gasteiger partial charge in [-0.2, -0.15) is 0 Å². The molecule has 4 rings (SSSR count). The predicted octanol–water partition coefficient (Wildman–Crippen LogP) is 3.32. The summed E-state index contributed by atoms with van der Waals surface area (Å²) in [5.74, 6) is 1.10. The van der Waals surface area contributed by atoms with Crippen molar-refractivity contribution in [3.63, 3.8) is 0 Å². The topological polar surface area (TPSA) is 74.7 Å². The number of fused-ring (bicyclic) bond motifs is 1. The maximum absolute atomic E-state index is 12.8. The highest BCUT2D eigenvalue weighted by Crippen LogP contribution is 2.40. The van der Waals surface area contributed by atoms with Gasteiger partial charge in [-0.15, -0.1) is 11.3 Å². The highest BCUT2D eigenvalue weighted by atomic mass is 32.1. The average molecular weight is 426 g/mol. The fourth-order valence-corrected chi connectivity index (χ4v) is 5.50. The fourth-order valence-electron chi connectivity index (χ4n) is 4.36. The van der Waals surface area contributed by atoms with Crippen LogP contribution in [0.4, 0.5) is 0 Å². The van der Waals surface area contributed by atoms with Crippen LogP contribution in [0.25, 0.3) is 10.2 Å². The van der Waals surface area contributed by atoms with E-state index in [-0.39, 0.29) is 25.0 Å². The number of aliphatic hydroxyl groups is 1. The monoisotopic (exact) mass is 425 g/mol. The minimum absolute atomic E-state index is 0.0697. The first-order chi connectivity index (χ1) is 14.6. The number of thiophene rings is 1. The van der Waals surface area contributed by atoms with Crippen LogP contribution in [0.3, 0.4) is 0 Å². The Kier molecular flexibility index (Phi) is 6.32. The molecule has 2 aromatic heterocycles. The number of carbonyl (C=O) groups excluding carboxylic acids is 1. The van der Waals surface area contributed by atoms with Crippen molar-refractivity contribution in [2.45, 2.75) is 25.8 Å².